The first-order chi connectivity index (χ1) is 5.88. The van der Waals surface area contributed by atoms with E-state index in [1.54, 1.807) is 0 Å². The van der Waals surface area contributed by atoms with Crippen molar-refractivity contribution in [1.82, 2.24) is 4.90 Å². The minimum Gasteiger partial charge on any atom is -0.396 e. The van der Waals surface area contributed by atoms with Crippen LogP contribution in [0, 0.1) is 0 Å². The van der Waals surface area contributed by atoms with E-state index in [1.807, 2.05) is 0 Å². The van der Waals surface area contributed by atoms with Gasteiger partial charge in [-0.2, -0.15) is 0 Å². The van der Waals surface area contributed by atoms with E-state index in [2.05, 4.69) is 4.90 Å². The molecule has 0 aliphatic carbocycles. The summed E-state index contributed by atoms with van der Waals surface area (Å²) in [5, 5.41) is 17.8. The monoisotopic (exact) mass is 173 g/mol. The molecule has 1 atom stereocenters. The van der Waals surface area contributed by atoms with Crippen molar-refractivity contribution in [2.75, 3.05) is 26.3 Å². The molecule has 0 saturated carbocycles. The minimum atomic E-state index is 0.181. The fourth-order valence-electron chi connectivity index (χ4n) is 1.82. The smallest absolute Gasteiger partial charge is 0.0587 e. The molecule has 72 valence electrons. The number of likely N-dealkylation sites (tertiary alicyclic amines) is 1. The Morgan fingerprint density at radius 3 is 2.25 bits per heavy atom. The molecule has 2 N–H and O–H groups in total. The second-order valence-corrected chi connectivity index (χ2v) is 3.45. The number of aliphatic hydroxyl groups is 2. The number of rotatable bonds is 4. The van der Waals surface area contributed by atoms with Crippen LogP contribution in [-0.2, 0) is 0 Å². The average molecular weight is 173 g/mol. The van der Waals surface area contributed by atoms with Crippen LogP contribution in [0.5, 0.6) is 0 Å². The van der Waals surface area contributed by atoms with Crippen molar-refractivity contribution in [1.29, 1.82) is 0 Å². The molecule has 1 rings (SSSR count). The van der Waals surface area contributed by atoms with Crippen LogP contribution >= 0.6 is 0 Å². The molecule has 0 aromatic heterocycles. The van der Waals surface area contributed by atoms with Crippen molar-refractivity contribution in [2.24, 2.45) is 0 Å². The van der Waals surface area contributed by atoms with Gasteiger partial charge < -0.3 is 10.2 Å². The first-order valence-electron chi connectivity index (χ1n) is 4.84. The molecule has 1 aliphatic rings. The Bertz CT molecular complexity index is 110. The van der Waals surface area contributed by atoms with Crippen molar-refractivity contribution < 1.29 is 10.2 Å². The average Bonchev–Trinajstić information content (AvgIpc) is 2.15. The Balaban J connectivity index is 2.29. The third-order valence-corrected chi connectivity index (χ3v) is 2.58. The summed E-state index contributed by atoms with van der Waals surface area (Å²) in [5.74, 6) is 0. The maximum absolute atomic E-state index is 9.06. The number of nitrogens with zero attached hydrogens (tertiary/aromatic N) is 1. The van der Waals surface area contributed by atoms with E-state index < -0.39 is 0 Å². The minimum absolute atomic E-state index is 0.181. The summed E-state index contributed by atoms with van der Waals surface area (Å²) in [6.45, 7) is 2.54. The van der Waals surface area contributed by atoms with Crippen LogP contribution in [0.1, 0.15) is 25.7 Å². The molecule has 1 unspecified atom stereocenters. The van der Waals surface area contributed by atoms with Gasteiger partial charge in [-0.15, -0.1) is 0 Å². The van der Waals surface area contributed by atoms with Crippen LogP contribution in [0.15, 0.2) is 0 Å². The van der Waals surface area contributed by atoms with Crippen molar-refractivity contribution in [3.63, 3.8) is 0 Å². The highest BCUT2D eigenvalue weighted by molar-refractivity contribution is 4.73. The van der Waals surface area contributed by atoms with Gasteiger partial charge in [0.1, 0.15) is 0 Å². The van der Waals surface area contributed by atoms with Crippen molar-refractivity contribution in [2.45, 2.75) is 31.7 Å². The predicted octanol–water partition coefficient (Wildman–Crippen LogP) is 0.216. The standard InChI is InChI=1S/C9H19NO2/c11-7-4-9(8-12)10-5-2-1-3-6-10/h9,11-12H,1-8H2. The quantitative estimate of drug-likeness (QED) is 0.639. The molecule has 1 saturated heterocycles. The number of hydrogen-bond donors (Lipinski definition) is 2. The van der Waals surface area contributed by atoms with Gasteiger partial charge in [-0.05, 0) is 32.4 Å². The number of aliphatic hydroxyl groups excluding tert-OH is 2. The molecule has 3 nitrogen and oxygen atoms in total. The second-order valence-electron chi connectivity index (χ2n) is 3.45. The number of hydrogen-bond acceptors (Lipinski definition) is 3. The normalized spacial score (nSPS) is 22.5. The zero-order valence-electron chi connectivity index (χ0n) is 7.58. The molecule has 1 aliphatic heterocycles. The lowest BCUT2D eigenvalue weighted by Crippen LogP contribution is -2.41. The van der Waals surface area contributed by atoms with Crippen molar-refractivity contribution in [3.05, 3.63) is 0 Å². The largest absolute Gasteiger partial charge is 0.396 e. The molecule has 0 aromatic rings. The van der Waals surface area contributed by atoms with E-state index >= 15 is 0 Å². The zero-order chi connectivity index (χ0) is 8.81. The van der Waals surface area contributed by atoms with Crippen LogP contribution in [-0.4, -0.2) is 47.5 Å². The third kappa shape index (κ3) is 2.73. The van der Waals surface area contributed by atoms with E-state index in [0.29, 0.717) is 6.42 Å². The maximum Gasteiger partial charge on any atom is 0.0587 e. The summed E-state index contributed by atoms with van der Waals surface area (Å²) in [5.41, 5.74) is 0. The topological polar surface area (TPSA) is 43.7 Å². The molecule has 0 aromatic carbocycles. The fraction of sp³-hybridized carbons (Fsp3) is 1.00. The summed E-state index contributed by atoms with van der Waals surface area (Å²) in [4.78, 5) is 2.29. The lowest BCUT2D eigenvalue weighted by atomic mass is 10.1. The molecular formula is C9H19NO2. The molecule has 0 radical (unpaired) electrons. The first kappa shape index (κ1) is 9.96. The molecule has 3 heteroatoms. The summed E-state index contributed by atoms with van der Waals surface area (Å²) >= 11 is 0. The van der Waals surface area contributed by atoms with E-state index in [9.17, 15) is 0 Å². The van der Waals surface area contributed by atoms with Gasteiger partial charge in [0.05, 0.1) is 6.61 Å². The van der Waals surface area contributed by atoms with Crippen LogP contribution in [0.4, 0.5) is 0 Å². The Morgan fingerprint density at radius 2 is 1.75 bits per heavy atom. The molecule has 1 fully saturated rings. The predicted molar refractivity (Wildman–Crippen MR) is 48.0 cm³/mol. The molecule has 12 heavy (non-hydrogen) atoms. The van der Waals surface area contributed by atoms with Gasteiger partial charge in [0.2, 0.25) is 0 Å². The third-order valence-electron chi connectivity index (χ3n) is 2.58. The highest BCUT2D eigenvalue weighted by Crippen LogP contribution is 2.13. The van der Waals surface area contributed by atoms with Gasteiger partial charge >= 0.3 is 0 Å². The molecule has 0 amide bonds. The first-order valence-corrected chi connectivity index (χ1v) is 4.84. The van der Waals surface area contributed by atoms with Gasteiger partial charge in [0, 0.05) is 12.6 Å². The van der Waals surface area contributed by atoms with Gasteiger partial charge in [-0.1, -0.05) is 6.42 Å². The summed E-state index contributed by atoms with van der Waals surface area (Å²) < 4.78 is 0. The lowest BCUT2D eigenvalue weighted by molar-refractivity contribution is 0.0842. The Morgan fingerprint density at radius 1 is 1.08 bits per heavy atom. The highest BCUT2D eigenvalue weighted by atomic mass is 16.3. The summed E-state index contributed by atoms with van der Waals surface area (Å²) in [6, 6.07) is 0.190. The van der Waals surface area contributed by atoms with Crippen LogP contribution < -0.4 is 0 Å². The fourth-order valence-corrected chi connectivity index (χ4v) is 1.82. The Labute approximate surface area is 74.0 Å². The van der Waals surface area contributed by atoms with Crippen LogP contribution in [0.25, 0.3) is 0 Å². The molecule has 1 heterocycles. The van der Waals surface area contributed by atoms with Gasteiger partial charge in [-0.25, -0.2) is 0 Å². The highest BCUT2D eigenvalue weighted by Gasteiger charge is 2.18. The van der Waals surface area contributed by atoms with Crippen molar-refractivity contribution in [3.8, 4) is 0 Å². The molecular weight excluding hydrogens is 154 g/mol. The molecule has 0 spiro atoms. The van der Waals surface area contributed by atoms with E-state index in [4.69, 9.17) is 10.2 Å². The van der Waals surface area contributed by atoms with E-state index in [1.165, 1.54) is 19.3 Å². The molecule has 0 bridgehead atoms. The van der Waals surface area contributed by atoms with E-state index in [0.717, 1.165) is 13.1 Å². The van der Waals surface area contributed by atoms with Gasteiger partial charge in [0.15, 0.2) is 0 Å². The summed E-state index contributed by atoms with van der Waals surface area (Å²) in [7, 11) is 0. The SMILES string of the molecule is OCCC(CO)N1CCCCC1. The van der Waals surface area contributed by atoms with Gasteiger partial charge in [-0.3, -0.25) is 4.90 Å². The second kappa shape index (κ2) is 5.51. The van der Waals surface area contributed by atoms with Crippen LogP contribution in [0.2, 0.25) is 0 Å². The van der Waals surface area contributed by atoms with Crippen LogP contribution in [0.3, 0.4) is 0 Å². The van der Waals surface area contributed by atoms with Gasteiger partial charge in [0.25, 0.3) is 0 Å². The Kier molecular flexibility index (Phi) is 4.58. The van der Waals surface area contributed by atoms with Crippen molar-refractivity contribution >= 4 is 0 Å². The van der Waals surface area contributed by atoms with E-state index in [-0.39, 0.29) is 19.3 Å². The zero-order valence-corrected chi connectivity index (χ0v) is 7.58. The number of piperidine rings is 1. The lowest BCUT2D eigenvalue weighted by Gasteiger charge is -2.33. The summed E-state index contributed by atoms with van der Waals surface area (Å²) in [6.07, 6.45) is 4.49. The Hall–Kier alpha value is -0.120. The maximum atomic E-state index is 9.06.